The van der Waals surface area contributed by atoms with Gasteiger partial charge in [0, 0.05) is 36.8 Å². The van der Waals surface area contributed by atoms with Gasteiger partial charge in [0.2, 0.25) is 0 Å². The molecule has 0 aliphatic rings. The molecule has 0 N–H and O–H groups in total. The summed E-state index contributed by atoms with van der Waals surface area (Å²) in [6.45, 7) is 0.526. The van der Waals surface area contributed by atoms with Crippen molar-refractivity contribution in [2.45, 2.75) is 6.54 Å². The molecule has 0 saturated heterocycles. The molecule has 0 unspecified atom stereocenters. The molecule has 0 spiro atoms. The summed E-state index contributed by atoms with van der Waals surface area (Å²) in [4.78, 5) is 23.4. The number of rotatable bonds is 3. The predicted molar refractivity (Wildman–Crippen MR) is 99.3 cm³/mol. The first-order valence-corrected chi connectivity index (χ1v) is 8.16. The summed E-state index contributed by atoms with van der Waals surface area (Å²) in [6.07, 6.45) is 3.48. The van der Waals surface area contributed by atoms with E-state index in [0.717, 1.165) is 27.4 Å². The summed E-state index contributed by atoms with van der Waals surface area (Å²) < 4.78 is 0. The predicted octanol–water partition coefficient (Wildman–Crippen LogP) is 4.06. The van der Waals surface area contributed by atoms with Crippen molar-refractivity contribution in [3.8, 4) is 0 Å². The van der Waals surface area contributed by atoms with Crippen LogP contribution in [0.3, 0.4) is 0 Å². The first-order valence-electron chi connectivity index (χ1n) is 8.16. The quantitative estimate of drug-likeness (QED) is 0.570. The van der Waals surface area contributed by atoms with Gasteiger partial charge in [0.1, 0.15) is 0 Å². The minimum Gasteiger partial charge on any atom is -0.337 e. The van der Waals surface area contributed by atoms with Gasteiger partial charge in [-0.2, -0.15) is 0 Å². The molecule has 4 rings (SSSR count). The van der Waals surface area contributed by atoms with Crippen LogP contribution in [0.25, 0.3) is 21.8 Å². The molecular weight excluding hydrogens is 310 g/mol. The van der Waals surface area contributed by atoms with Gasteiger partial charge in [0.05, 0.1) is 16.6 Å². The van der Waals surface area contributed by atoms with E-state index >= 15 is 0 Å². The van der Waals surface area contributed by atoms with Crippen LogP contribution < -0.4 is 0 Å². The summed E-state index contributed by atoms with van der Waals surface area (Å²) in [5.41, 5.74) is 3.53. The molecule has 4 aromatic rings. The zero-order valence-corrected chi connectivity index (χ0v) is 13.9. The third-order valence-electron chi connectivity index (χ3n) is 4.37. The van der Waals surface area contributed by atoms with Gasteiger partial charge in [-0.05, 0) is 29.8 Å². The van der Waals surface area contributed by atoms with E-state index in [1.807, 2.05) is 61.6 Å². The topological polar surface area (TPSA) is 46.1 Å². The van der Waals surface area contributed by atoms with Crippen LogP contribution in [-0.2, 0) is 6.54 Å². The Labute approximate surface area is 145 Å². The summed E-state index contributed by atoms with van der Waals surface area (Å²) in [5.74, 6) is -0.0144. The van der Waals surface area contributed by atoms with Crippen molar-refractivity contribution < 1.29 is 4.79 Å². The van der Waals surface area contributed by atoms with Crippen molar-refractivity contribution in [3.05, 3.63) is 84.2 Å². The van der Waals surface area contributed by atoms with E-state index in [1.54, 1.807) is 23.4 Å². The summed E-state index contributed by atoms with van der Waals surface area (Å²) in [7, 11) is 1.83. The molecule has 0 aliphatic heterocycles. The highest BCUT2D eigenvalue weighted by Gasteiger charge is 2.16. The Balaban J connectivity index is 1.68. The van der Waals surface area contributed by atoms with Gasteiger partial charge in [-0.15, -0.1) is 0 Å². The van der Waals surface area contributed by atoms with Crippen molar-refractivity contribution in [1.29, 1.82) is 0 Å². The number of pyridine rings is 2. The van der Waals surface area contributed by atoms with Gasteiger partial charge in [0.15, 0.2) is 0 Å². The number of aromatic nitrogens is 2. The van der Waals surface area contributed by atoms with Crippen LogP contribution in [0.4, 0.5) is 0 Å². The Morgan fingerprint density at radius 3 is 2.20 bits per heavy atom. The number of hydrogen-bond acceptors (Lipinski definition) is 3. The van der Waals surface area contributed by atoms with Crippen LogP contribution in [0.2, 0.25) is 0 Å². The Hall–Kier alpha value is -3.27. The van der Waals surface area contributed by atoms with E-state index in [0.29, 0.717) is 12.1 Å². The van der Waals surface area contributed by atoms with Crippen molar-refractivity contribution in [1.82, 2.24) is 14.9 Å². The maximum atomic E-state index is 13.0. The maximum Gasteiger partial charge on any atom is 0.254 e. The maximum absolute atomic E-state index is 13.0. The lowest BCUT2D eigenvalue weighted by atomic mass is 10.1. The molecule has 0 saturated carbocycles. The third kappa shape index (κ3) is 2.83. The highest BCUT2D eigenvalue weighted by molar-refractivity contribution is 6.05. The summed E-state index contributed by atoms with van der Waals surface area (Å²) >= 11 is 0. The number of benzene rings is 2. The van der Waals surface area contributed by atoms with Crippen LogP contribution >= 0.6 is 0 Å². The molecule has 4 heteroatoms. The molecule has 0 aliphatic carbocycles. The number of carbonyl (C=O) groups is 1. The highest BCUT2D eigenvalue weighted by Crippen LogP contribution is 2.21. The zero-order chi connectivity index (χ0) is 17.2. The van der Waals surface area contributed by atoms with E-state index in [1.165, 1.54) is 0 Å². The Morgan fingerprint density at radius 1 is 0.840 bits per heavy atom. The van der Waals surface area contributed by atoms with Crippen LogP contribution in [0, 0.1) is 0 Å². The van der Waals surface area contributed by atoms with Crippen LogP contribution in [-0.4, -0.2) is 27.8 Å². The van der Waals surface area contributed by atoms with Crippen LogP contribution in [0.1, 0.15) is 15.9 Å². The summed E-state index contributed by atoms with van der Waals surface area (Å²) in [5, 5.41) is 1.95. The second-order valence-electron chi connectivity index (χ2n) is 6.02. The monoisotopic (exact) mass is 327 g/mol. The van der Waals surface area contributed by atoms with E-state index in [2.05, 4.69) is 9.97 Å². The van der Waals surface area contributed by atoms with E-state index in [9.17, 15) is 4.79 Å². The van der Waals surface area contributed by atoms with Gasteiger partial charge in [-0.3, -0.25) is 14.8 Å². The largest absolute Gasteiger partial charge is 0.337 e. The van der Waals surface area contributed by atoms with Gasteiger partial charge >= 0.3 is 0 Å². The molecule has 122 valence electrons. The minimum absolute atomic E-state index is 0.0144. The van der Waals surface area contributed by atoms with Gasteiger partial charge in [-0.1, -0.05) is 36.4 Å². The lowest BCUT2D eigenvalue weighted by Gasteiger charge is -2.19. The summed E-state index contributed by atoms with van der Waals surface area (Å²) in [6, 6.07) is 19.4. The first-order chi connectivity index (χ1) is 12.2. The van der Waals surface area contributed by atoms with Crippen molar-refractivity contribution in [3.63, 3.8) is 0 Å². The van der Waals surface area contributed by atoms with E-state index in [-0.39, 0.29) is 5.91 Å². The molecule has 4 nitrogen and oxygen atoms in total. The number of amides is 1. The Morgan fingerprint density at radius 2 is 1.44 bits per heavy atom. The number of fused-ring (bicyclic) bond motifs is 2. The van der Waals surface area contributed by atoms with Crippen molar-refractivity contribution >= 4 is 27.7 Å². The van der Waals surface area contributed by atoms with Crippen molar-refractivity contribution in [2.75, 3.05) is 7.05 Å². The second-order valence-corrected chi connectivity index (χ2v) is 6.02. The molecule has 0 radical (unpaired) electrons. The number of nitrogens with zero attached hydrogens (tertiary/aromatic N) is 3. The molecule has 0 atom stereocenters. The SMILES string of the molecule is CN(Cc1ccnc2ccccc12)C(=O)c1ccnc2ccccc12. The fourth-order valence-corrected chi connectivity index (χ4v) is 3.11. The molecule has 0 fully saturated rings. The normalized spacial score (nSPS) is 10.9. The van der Waals surface area contributed by atoms with Crippen LogP contribution in [0.5, 0.6) is 0 Å². The number of hydrogen-bond donors (Lipinski definition) is 0. The molecule has 2 heterocycles. The molecular formula is C21H17N3O. The standard InChI is InChI=1S/C21H17N3O/c1-24(14-15-10-12-22-19-8-4-2-6-16(15)19)21(25)18-11-13-23-20-9-5-3-7-17(18)20/h2-13H,14H2,1H3. The fraction of sp³-hybridized carbons (Fsp3) is 0.0952. The van der Waals surface area contributed by atoms with Gasteiger partial charge in [0.25, 0.3) is 5.91 Å². The molecule has 2 aromatic heterocycles. The van der Waals surface area contributed by atoms with Gasteiger partial charge < -0.3 is 4.90 Å². The molecule has 1 amide bonds. The molecule has 2 aromatic carbocycles. The lowest BCUT2D eigenvalue weighted by molar-refractivity contribution is 0.0787. The molecule has 25 heavy (non-hydrogen) atoms. The first kappa shape index (κ1) is 15.3. The number of para-hydroxylation sites is 2. The van der Waals surface area contributed by atoms with Gasteiger partial charge in [-0.25, -0.2) is 0 Å². The third-order valence-corrected chi connectivity index (χ3v) is 4.37. The smallest absolute Gasteiger partial charge is 0.254 e. The zero-order valence-electron chi connectivity index (χ0n) is 13.9. The molecule has 0 bridgehead atoms. The average Bonchev–Trinajstić information content (AvgIpc) is 2.67. The van der Waals surface area contributed by atoms with Crippen LogP contribution in [0.15, 0.2) is 73.1 Å². The highest BCUT2D eigenvalue weighted by atomic mass is 16.2. The Bertz CT molecular complexity index is 1060. The second kappa shape index (κ2) is 6.32. The Kier molecular flexibility index (Phi) is 3.86. The fourth-order valence-electron chi connectivity index (χ4n) is 3.11. The minimum atomic E-state index is -0.0144. The van der Waals surface area contributed by atoms with E-state index in [4.69, 9.17) is 0 Å². The van der Waals surface area contributed by atoms with E-state index < -0.39 is 0 Å². The average molecular weight is 327 g/mol. The lowest BCUT2D eigenvalue weighted by Crippen LogP contribution is -2.26. The van der Waals surface area contributed by atoms with Crippen molar-refractivity contribution in [2.24, 2.45) is 0 Å². The number of carbonyl (C=O) groups excluding carboxylic acids is 1.